The lowest BCUT2D eigenvalue weighted by molar-refractivity contribution is 0.0814. The monoisotopic (exact) mass is 800 g/mol. The Balaban J connectivity index is 0.000000769. The molecule has 0 aliphatic carbocycles. The fraction of sp³-hybridized carbons (Fsp3) is 1.00. The van der Waals surface area contributed by atoms with Crippen molar-refractivity contribution in [3.63, 3.8) is 0 Å². The Morgan fingerprint density at radius 3 is 0.956 bits per heavy atom. The van der Waals surface area contributed by atoms with Crippen LogP contribution in [0.25, 0.3) is 0 Å². The van der Waals surface area contributed by atoms with Gasteiger partial charge in [-0.25, -0.2) is 0 Å². The van der Waals surface area contributed by atoms with E-state index in [0.717, 1.165) is 49.9 Å². The van der Waals surface area contributed by atoms with Gasteiger partial charge in [0.05, 0.1) is 0 Å². The molecule has 2 aliphatic rings. The molecule has 12 nitrogen and oxygen atoms in total. The summed E-state index contributed by atoms with van der Waals surface area (Å²) in [5.74, 6) is 0. The van der Waals surface area contributed by atoms with Crippen LogP contribution in [0.3, 0.4) is 0 Å². The van der Waals surface area contributed by atoms with Gasteiger partial charge in [0.25, 0.3) is 0 Å². The number of hydrogen-bond donors (Lipinski definition) is 4. The van der Waals surface area contributed by atoms with Crippen molar-refractivity contribution in [3.8, 4) is 0 Å². The standard InChI is InChI=1S/C12H32O4Si4.C9H26O8Si4.C3H10Si/c1-5-9-17-13-18(10-6-2)15-20(12-8-4)16-19(14-17)11-7-3;1-4-7-19(11)14-18(10)15-20(12,8-5-2)17-21(13,16-19)9-6-3;1-2-3-4/h17-20H,5-12H2,1-4H3;10-13,18H,4-9H2,1-3H3;2-3H2,1,4H3. The Morgan fingerprint density at radius 1 is 0.467 bits per heavy atom. The third kappa shape index (κ3) is 20.7. The molecule has 45 heavy (non-hydrogen) atoms. The van der Waals surface area contributed by atoms with E-state index in [9.17, 15) is 19.2 Å². The highest BCUT2D eigenvalue weighted by molar-refractivity contribution is 6.84. The van der Waals surface area contributed by atoms with Gasteiger partial charge in [0.2, 0.25) is 0 Å². The first-order valence-electron chi connectivity index (χ1n) is 17.6. The summed E-state index contributed by atoms with van der Waals surface area (Å²) in [5.41, 5.74) is 0. The minimum atomic E-state index is -3.81. The van der Waals surface area contributed by atoms with Crippen molar-refractivity contribution >= 4 is 83.3 Å². The topological polar surface area (TPSA) is 155 Å². The first-order chi connectivity index (χ1) is 21.3. The van der Waals surface area contributed by atoms with Crippen molar-refractivity contribution in [2.24, 2.45) is 0 Å². The number of hydrogen-bond acceptors (Lipinski definition) is 12. The second kappa shape index (κ2) is 26.3. The minimum absolute atomic E-state index is 0.190. The van der Waals surface area contributed by atoms with E-state index in [1.54, 1.807) is 0 Å². The summed E-state index contributed by atoms with van der Waals surface area (Å²) in [6.07, 6.45) is 7.66. The molecule has 0 aromatic carbocycles. The molecule has 2 rings (SSSR count). The van der Waals surface area contributed by atoms with E-state index in [1.165, 1.54) is 22.7 Å². The van der Waals surface area contributed by atoms with Crippen molar-refractivity contribution in [1.82, 2.24) is 0 Å². The van der Waals surface area contributed by atoms with Crippen molar-refractivity contribution in [2.75, 3.05) is 0 Å². The van der Waals surface area contributed by atoms with Gasteiger partial charge < -0.3 is 52.1 Å². The maximum atomic E-state index is 10.6. The number of rotatable bonds is 15. The molecule has 0 amide bonds. The highest BCUT2D eigenvalue weighted by Gasteiger charge is 2.58. The van der Waals surface area contributed by atoms with Crippen LogP contribution in [0.2, 0.25) is 48.4 Å². The molecule has 0 saturated carbocycles. The summed E-state index contributed by atoms with van der Waals surface area (Å²) < 4.78 is 46.8. The second-order valence-corrected chi connectivity index (χ2v) is 32.6. The smallest absolute Gasteiger partial charge is 0.420 e. The maximum absolute atomic E-state index is 10.6. The largest absolute Gasteiger partial charge is 0.483 e. The Bertz CT molecular complexity index is 646. The molecule has 0 aromatic heterocycles. The average Bonchev–Trinajstić information content (AvgIpc) is 2.92. The highest BCUT2D eigenvalue weighted by atomic mass is 28.5. The molecule has 2 fully saturated rings. The minimum Gasteiger partial charge on any atom is -0.420 e. The molecule has 0 radical (unpaired) electrons. The van der Waals surface area contributed by atoms with Gasteiger partial charge in [0.15, 0.2) is 0 Å². The first kappa shape index (κ1) is 46.5. The van der Waals surface area contributed by atoms with Gasteiger partial charge in [-0.15, -0.1) is 0 Å². The molecular weight excluding hydrogens is 733 g/mol. The Morgan fingerprint density at radius 2 is 0.733 bits per heavy atom. The quantitative estimate of drug-likeness (QED) is 0.180. The summed E-state index contributed by atoms with van der Waals surface area (Å²) in [5, 5.41) is 0. The SMILES string of the molecule is CCC[SiH3].CCC[SiH]1O[SiH](CCC)O[SiH](CCC)O[SiH](CCC)O1.CCC[Si]1(O)O[SiH](O)O[Si](O)(CCC)O[Si](O)(CCC)O1. The normalized spacial score (nSPS) is 34.3. The van der Waals surface area contributed by atoms with Gasteiger partial charge in [0, 0.05) is 28.4 Å². The lowest BCUT2D eigenvalue weighted by Gasteiger charge is -2.41. The van der Waals surface area contributed by atoms with Crippen LogP contribution in [0.5, 0.6) is 0 Å². The summed E-state index contributed by atoms with van der Waals surface area (Å²) in [6, 6.07) is 6.45. The van der Waals surface area contributed by atoms with E-state index in [0.29, 0.717) is 19.3 Å². The van der Waals surface area contributed by atoms with E-state index < -0.39 is 73.1 Å². The van der Waals surface area contributed by atoms with E-state index in [1.807, 2.05) is 20.8 Å². The molecule has 0 aromatic rings. The molecule has 2 atom stereocenters. The lowest BCUT2D eigenvalue weighted by Crippen LogP contribution is -2.67. The van der Waals surface area contributed by atoms with Crippen molar-refractivity contribution in [1.29, 1.82) is 0 Å². The lowest BCUT2D eigenvalue weighted by atomic mass is 10.6. The zero-order valence-corrected chi connectivity index (χ0v) is 40.5. The van der Waals surface area contributed by atoms with Crippen LogP contribution in [0.4, 0.5) is 0 Å². The van der Waals surface area contributed by atoms with Crippen LogP contribution in [-0.4, -0.2) is 103 Å². The first-order valence-corrected chi connectivity index (χ1v) is 33.4. The van der Waals surface area contributed by atoms with E-state index in [2.05, 4.69) is 34.6 Å². The van der Waals surface area contributed by atoms with Crippen molar-refractivity contribution < 1.29 is 52.1 Å². The maximum Gasteiger partial charge on any atom is 0.483 e. The van der Waals surface area contributed by atoms with Gasteiger partial charge in [-0.2, -0.15) is 0 Å². The molecule has 2 aliphatic heterocycles. The fourth-order valence-electron chi connectivity index (χ4n) is 4.47. The zero-order chi connectivity index (χ0) is 34.4. The fourth-order valence-corrected chi connectivity index (χ4v) is 32.9. The van der Waals surface area contributed by atoms with Crippen molar-refractivity contribution in [2.45, 2.75) is 155 Å². The molecule has 21 heteroatoms. The third-order valence-electron chi connectivity index (χ3n) is 6.72. The van der Waals surface area contributed by atoms with Gasteiger partial charge in [0.1, 0.15) is 0 Å². The van der Waals surface area contributed by atoms with Crippen LogP contribution in [0.1, 0.15) is 107 Å². The van der Waals surface area contributed by atoms with Crippen LogP contribution in [-0.2, 0) is 32.9 Å². The average molecular weight is 802 g/mol. The molecule has 272 valence electrons. The van der Waals surface area contributed by atoms with Crippen LogP contribution >= 0.6 is 0 Å². The Kier molecular flexibility index (Phi) is 27.2. The predicted molar refractivity (Wildman–Crippen MR) is 201 cm³/mol. The Labute approximate surface area is 289 Å². The molecule has 2 unspecified atom stereocenters. The zero-order valence-electron chi connectivity index (χ0n) is 29.8. The molecule has 2 heterocycles. The van der Waals surface area contributed by atoms with Gasteiger partial charge in [-0.1, -0.05) is 113 Å². The van der Waals surface area contributed by atoms with Crippen LogP contribution in [0, 0.1) is 0 Å². The van der Waals surface area contributed by atoms with E-state index in [-0.39, 0.29) is 18.1 Å². The third-order valence-corrected chi connectivity index (χ3v) is 34.7. The van der Waals surface area contributed by atoms with Gasteiger partial charge >= 0.3 is 73.1 Å². The molecule has 0 bridgehead atoms. The van der Waals surface area contributed by atoms with Crippen LogP contribution < -0.4 is 0 Å². The van der Waals surface area contributed by atoms with Gasteiger partial charge in [-0.3, -0.25) is 0 Å². The molecule has 2 saturated heterocycles. The summed E-state index contributed by atoms with van der Waals surface area (Å²) >= 11 is 0. The van der Waals surface area contributed by atoms with Crippen LogP contribution in [0.15, 0.2) is 0 Å². The molecule has 4 N–H and O–H groups in total. The summed E-state index contributed by atoms with van der Waals surface area (Å²) in [6.45, 7) is 16.5. The van der Waals surface area contributed by atoms with E-state index >= 15 is 0 Å². The van der Waals surface area contributed by atoms with E-state index in [4.69, 9.17) is 32.9 Å². The molecule has 0 spiro atoms. The van der Waals surface area contributed by atoms with Gasteiger partial charge in [-0.05, 0) is 24.2 Å². The predicted octanol–water partition coefficient (Wildman–Crippen LogP) is 2.57. The van der Waals surface area contributed by atoms with Crippen molar-refractivity contribution in [3.05, 3.63) is 0 Å². The highest BCUT2D eigenvalue weighted by Crippen LogP contribution is 2.30. The summed E-state index contributed by atoms with van der Waals surface area (Å²) in [7, 11) is -19.3. The second-order valence-electron chi connectivity index (χ2n) is 11.6. The Hall–Kier alpha value is 1.47. The molecular formula is C24H68O12Si9. The summed E-state index contributed by atoms with van der Waals surface area (Å²) in [4.78, 5) is 41.3.